The van der Waals surface area contributed by atoms with Gasteiger partial charge in [-0.1, -0.05) is 30.3 Å². The van der Waals surface area contributed by atoms with Crippen LogP contribution < -0.4 is 5.32 Å². The Labute approximate surface area is 178 Å². The number of nitrogens with one attached hydrogen (secondary N) is 2. The zero-order valence-electron chi connectivity index (χ0n) is 17.2. The van der Waals surface area contributed by atoms with Gasteiger partial charge in [-0.3, -0.25) is 0 Å². The molecular weight excluding hydrogens is 389 g/mol. The zero-order valence-corrected chi connectivity index (χ0v) is 17.2. The lowest BCUT2D eigenvalue weighted by atomic mass is 9.91. The number of fused-ring (bicyclic) bond motifs is 4. The summed E-state index contributed by atoms with van der Waals surface area (Å²) in [5, 5.41) is 9.55. The third-order valence-corrected chi connectivity index (χ3v) is 6.22. The fourth-order valence-electron chi connectivity index (χ4n) is 4.67. The number of anilines is 1. The highest BCUT2D eigenvalue weighted by atomic mass is 19.1. The normalized spacial score (nSPS) is 16.0. The molecule has 31 heavy (non-hydrogen) atoms. The highest BCUT2D eigenvalue weighted by Gasteiger charge is 2.23. The number of para-hydroxylation sites is 1. The van der Waals surface area contributed by atoms with Crippen LogP contribution in [0.15, 0.2) is 60.8 Å². The van der Waals surface area contributed by atoms with Gasteiger partial charge in [-0.05, 0) is 49.9 Å². The maximum absolute atomic E-state index is 13.8. The first-order valence-corrected chi connectivity index (χ1v) is 10.6. The maximum Gasteiger partial charge on any atom is 0.160 e. The lowest BCUT2D eigenvalue weighted by Crippen LogP contribution is -2.28. The van der Waals surface area contributed by atoms with E-state index in [-0.39, 0.29) is 11.9 Å². The molecule has 0 amide bonds. The van der Waals surface area contributed by atoms with E-state index in [1.165, 1.54) is 34.3 Å². The molecule has 0 saturated heterocycles. The maximum atomic E-state index is 13.8. The molecule has 154 valence electrons. The lowest BCUT2D eigenvalue weighted by Gasteiger charge is -2.25. The number of rotatable bonds is 3. The van der Waals surface area contributed by atoms with Gasteiger partial charge in [0, 0.05) is 39.8 Å². The average molecular weight is 411 g/mol. The molecule has 6 rings (SSSR count). The van der Waals surface area contributed by atoms with Crippen molar-refractivity contribution in [2.75, 3.05) is 5.32 Å². The molecular formula is C25H22FN5. The molecule has 0 radical (unpaired) electrons. The third-order valence-electron chi connectivity index (χ3n) is 6.22. The Hall–Kier alpha value is -3.67. The molecule has 5 nitrogen and oxygen atoms in total. The van der Waals surface area contributed by atoms with Gasteiger partial charge in [0.2, 0.25) is 0 Å². The van der Waals surface area contributed by atoms with Crippen LogP contribution in [-0.2, 0) is 12.8 Å². The predicted molar refractivity (Wildman–Crippen MR) is 121 cm³/mol. The summed E-state index contributed by atoms with van der Waals surface area (Å²) >= 11 is 0. The van der Waals surface area contributed by atoms with Crippen LogP contribution in [0.25, 0.3) is 27.8 Å². The summed E-state index contributed by atoms with van der Waals surface area (Å²) in [6.45, 7) is 1.99. The minimum atomic E-state index is -0.266. The molecule has 2 N–H and O–H groups in total. The van der Waals surface area contributed by atoms with Crippen molar-refractivity contribution in [1.82, 2.24) is 19.6 Å². The minimum absolute atomic E-state index is 0.266. The molecule has 0 spiro atoms. The fourth-order valence-corrected chi connectivity index (χ4v) is 4.67. The highest BCUT2D eigenvalue weighted by molar-refractivity contribution is 5.85. The molecule has 0 bridgehead atoms. The van der Waals surface area contributed by atoms with Crippen LogP contribution in [0.2, 0.25) is 0 Å². The Bertz CT molecular complexity index is 1430. The van der Waals surface area contributed by atoms with Crippen LogP contribution in [0.5, 0.6) is 0 Å². The first kappa shape index (κ1) is 18.1. The Morgan fingerprint density at radius 2 is 2.03 bits per heavy atom. The van der Waals surface area contributed by atoms with Gasteiger partial charge in [-0.15, -0.1) is 0 Å². The first-order chi connectivity index (χ1) is 15.2. The number of nitrogens with zero attached hydrogens (tertiary/aromatic N) is 3. The second-order valence-electron chi connectivity index (χ2n) is 8.31. The molecule has 3 heterocycles. The molecule has 0 saturated carbocycles. The first-order valence-electron chi connectivity index (χ1n) is 10.6. The van der Waals surface area contributed by atoms with Crippen molar-refractivity contribution in [2.24, 2.45) is 0 Å². The Balaban J connectivity index is 1.39. The SMILES string of the molecule is Cc1cnn2c(N[C@@H]3CCc4[nH]c5ccccc5c4C3)cc(-c3cccc(F)c3)nc12. The average Bonchev–Trinajstić information content (AvgIpc) is 3.34. The minimum Gasteiger partial charge on any atom is -0.367 e. The molecule has 3 aromatic heterocycles. The standard InChI is InChI=1S/C25H22FN5/c1-15-14-27-31-24(13-23(30-25(15)31)16-5-4-6-17(26)11-16)28-18-9-10-22-20(12-18)19-7-2-3-8-21(19)29-22/h2-8,11,13-14,18,28-29H,9-10,12H2,1H3/t18-/m1/s1. The van der Waals surface area contributed by atoms with Crippen LogP contribution in [0.3, 0.4) is 0 Å². The number of halogens is 1. The molecule has 1 atom stereocenters. The van der Waals surface area contributed by atoms with Crippen LogP contribution in [-0.4, -0.2) is 25.6 Å². The third kappa shape index (κ3) is 3.06. The van der Waals surface area contributed by atoms with Crippen molar-refractivity contribution in [3.05, 3.63) is 83.4 Å². The van der Waals surface area contributed by atoms with Crippen molar-refractivity contribution in [2.45, 2.75) is 32.2 Å². The van der Waals surface area contributed by atoms with Crippen LogP contribution in [0.4, 0.5) is 10.2 Å². The van der Waals surface area contributed by atoms with Gasteiger partial charge in [0.15, 0.2) is 5.65 Å². The van der Waals surface area contributed by atoms with E-state index in [9.17, 15) is 4.39 Å². The summed E-state index contributed by atoms with van der Waals surface area (Å²) in [4.78, 5) is 8.34. The van der Waals surface area contributed by atoms with Crippen molar-refractivity contribution in [3.8, 4) is 11.3 Å². The second kappa shape index (κ2) is 6.94. The molecule has 6 heteroatoms. The Morgan fingerprint density at radius 1 is 1.13 bits per heavy atom. The van der Waals surface area contributed by atoms with Gasteiger partial charge < -0.3 is 10.3 Å². The Morgan fingerprint density at radius 3 is 2.94 bits per heavy atom. The van der Waals surface area contributed by atoms with Gasteiger partial charge in [-0.25, -0.2) is 9.37 Å². The van der Waals surface area contributed by atoms with E-state index in [4.69, 9.17) is 4.98 Å². The summed E-state index contributed by atoms with van der Waals surface area (Å²) in [6, 6.07) is 17.3. The molecule has 0 aliphatic heterocycles. The van der Waals surface area contributed by atoms with Crippen LogP contribution in [0.1, 0.15) is 23.2 Å². The van der Waals surface area contributed by atoms with Crippen molar-refractivity contribution < 1.29 is 4.39 Å². The topological polar surface area (TPSA) is 58.0 Å². The Kier molecular flexibility index (Phi) is 4.06. The van der Waals surface area contributed by atoms with Crippen molar-refractivity contribution >= 4 is 22.4 Å². The van der Waals surface area contributed by atoms with Gasteiger partial charge in [0.25, 0.3) is 0 Å². The molecule has 2 aromatic carbocycles. The summed E-state index contributed by atoms with van der Waals surface area (Å²) in [6.07, 6.45) is 4.80. The summed E-state index contributed by atoms with van der Waals surface area (Å²) in [5.41, 5.74) is 7.21. The molecule has 0 unspecified atom stereocenters. The predicted octanol–water partition coefficient (Wildman–Crippen LogP) is 5.29. The van der Waals surface area contributed by atoms with Crippen molar-refractivity contribution in [1.29, 1.82) is 0 Å². The fraction of sp³-hybridized carbons (Fsp3) is 0.200. The summed E-state index contributed by atoms with van der Waals surface area (Å²) < 4.78 is 15.7. The summed E-state index contributed by atoms with van der Waals surface area (Å²) in [7, 11) is 0. The number of hydrogen-bond acceptors (Lipinski definition) is 3. The van der Waals surface area contributed by atoms with E-state index in [2.05, 4.69) is 39.7 Å². The van der Waals surface area contributed by atoms with Crippen LogP contribution in [0, 0.1) is 12.7 Å². The number of H-pyrrole nitrogens is 1. The van der Waals surface area contributed by atoms with E-state index >= 15 is 0 Å². The number of hydrogen-bond donors (Lipinski definition) is 2. The number of aromatic amines is 1. The molecule has 1 aliphatic rings. The van der Waals surface area contributed by atoms with Gasteiger partial charge in [0.1, 0.15) is 11.6 Å². The van der Waals surface area contributed by atoms with E-state index in [0.717, 1.165) is 47.5 Å². The van der Waals surface area contributed by atoms with Gasteiger partial charge >= 0.3 is 0 Å². The molecule has 0 fully saturated rings. The van der Waals surface area contributed by atoms with E-state index in [1.54, 1.807) is 6.07 Å². The van der Waals surface area contributed by atoms with Crippen molar-refractivity contribution in [3.63, 3.8) is 0 Å². The number of aromatic nitrogens is 4. The zero-order chi connectivity index (χ0) is 20.9. The van der Waals surface area contributed by atoms with Gasteiger partial charge in [0.05, 0.1) is 11.9 Å². The van der Waals surface area contributed by atoms with Crippen LogP contribution >= 0.6 is 0 Å². The smallest absolute Gasteiger partial charge is 0.160 e. The number of benzene rings is 2. The van der Waals surface area contributed by atoms with Gasteiger partial charge in [-0.2, -0.15) is 9.61 Å². The highest BCUT2D eigenvalue weighted by Crippen LogP contribution is 2.31. The lowest BCUT2D eigenvalue weighted by molar-refractivity contribution is 0.603. The van der Waals surface area contributed by atoms with E-state index in [1.807, 2.05) is 29.8 Å². The second-order valence-corrected chi connectivity index (χ2v) is 8.31. The molecule has 1 aliphatic carbocycles. The molecule has 5 aromatic rings. The largest absolute Gasteiger partial charge is 0.367 e. The quantitative estimate of drug-likeness (QED) is 0.424. The van der Waals surface area contributed by atoms with E-state index < -0.39 is 0 Å². The summed E-state index contributed by atoms with van der Waals surface area (Å²) in [5.74, 6) is 0.615. The monoisotopic (exact) mass is 411 g/mol. The number of aryl methyl sites for hydroxylation is 2. The van der Waals surface area contributed by atoms with E-state index in [0.29, 0.717) is 0 Å².